The van der Waals surface area contributed by atoms with E-state index in [-0.39, 0.29) is 12.3 Å². The Bertz CT molecular complexity index is 432. The minimum Gasteiger partial charge on any atom is -0.368 e. The average Bonchev–Trinajstić information content (AvgIpc) is 2.30. The van der Waals surface area contributed by atoms with Crippen LogP contribution in [0.4, 0.5) is 0 Å². The lowest BCUT2D eigenvalue weighted by atomic mass is 10.0. The van der Waals surface area contributed by atoms with Gasteiger partial charge in [-0.1, -0.05) is 20.4 Å². The number of amides is 2. The molecule has 0 heterocycles. The van der Waals surface area contributed by atoms with Crippen molar-refractivity contribution in [3.05, 3.63) is 11.9 Å². The molecule has 0 unspecified atom stereocenters. The second kappa shape index (κ2) is 7.54. The third-order valence-corrected chi connectivity index (χ3v) is 3.62. The highest BCUT2D eigenvalue weighted by molar-refractivity contribution is 7.56. The van der Waals surface area contributed by atoms with Crippen LogP contribution in [0, 0.1) is 5.92 Å². The summed E-state index contributed by atoms with van der Waals surface area (Å²) in [6.45, 7) is 6.07. The Hall–Kier alpha value is -1.21. The van der Waals surface area contributed by atoms with Crippen LogP contribution >= 0.6 is 7.60 Å². The standard InChI is InChI=1S/C11H22N3O5P/c1-7(2)4-9(11(13)16)14(10(15)5-12)6-8(3)20(17,18)19/h7,9H,3-6,12H2,1-2H3,(H2,13,16)(H2,17,18,19)/t9-/m0/s1. The summed E-state index contributed by atoms with van der Waals surface area (Å²) in [6, 6.07) is -0.977. The quantitative estimate of drug-likeness (QED) is 0.439. The lowest BCUT2D eigenvalue weighted by molar-refractivity contribution is -0.138. The summed E-state index contributed by atoms with van der Waals surface area (Å²) in [4.78, 5) is 42.3. The molecule has 0 fully saturated rings. The van der Waals surface area contributed by atoms with Crippen molar-refractivity contribution in [1.82, 2.24) is 4.90 Å². The van der Waals surface area contributed by atoms with Gasteiger partial charge in [-0.05, 0) is 12.3 Å². The van der Waals surface area contributed by atoms with Crippen LogP contribution in [0.2, 0.25) is 0 Å². The third kappa shape index (κ3) is 5.83. The molecule has 6 N–H and O–H groups in total. The van der Waals surface area contributed by atoms with Crippen molar-refractivity contribution < 1.29 is 23.9 Å². The van der Waals surface area contributed by atoms with Crippen LogP contribution in [-0.2, 0) is 14.2 Å². The maximum absolute atomic E-state index is 11.8. The Kier molecular flexibility index (Phi) is 7.08. The first-order valence-corrected chi connectivity index (χ1v) is 7.64. The van der Waals surface area contributed by atoms with Crippen LogP contribution < -0.4 is 11.5 Å². The molecule has 0 aliphatic heterocycles. The zero-order valence-electron chi connectivity index (χ0n) is 11.7. The smallest absolute Gasteiger partial charge is 0.353 e. The summed E-state index contributed by atoms with van der Waals surface area (Å²) in [6.07, 6.45) is 0.273. The second-order valence-electron chi connectivity index (χ2n) is 4.88. The molecule has 0 spiro atoms. The normalized spacial score (nSPS) is 13.1. The second-order valence-corrected chi connectivity index (χ2v) is 6.60. The van der Waals surface area contributed by atoms with E-state index in [0.717, 1.165) is 4.90 Å². The molecule has 8 nitrogen and oxygen atoms in total. The van der Waals surface area contributed by atoms with Gasteiger partial charge in [-0.3, -0.25) is 14.2 Å². The maximum Gasteiger partial charge on any atom is 0.353 e. The predicted octanol–water partition coefficient (Wildman–Crippen LogP) is -0.635. The van der Waals surface area contributed by atoms with Crippen LogP contribution in [0.25, 0.3) is 0 Å². The van der Waals surface area contributed by atoms with Crippen molar-refractivity contribution in [3.63, 3.8) is 0 Å². The van der Waals surface area contributed by atoms with Gasteiger partial charge in [0.15, 0.2) is 0 Å². The third-order valence-electron chi connectivity index (χ3n) is 2.66. The molecule has 0 aromatic carbocycles. The molecule has 0 aliphatic rings. The van der Waals surface area contributed by atoms with Gasteiger partial charge in [0.05, 0.1) is 18.4 Å². The van der Waals surface area contributed by atoms with E-state index in [1.165, 1.54) is 0 Å². The largest absolute Gasteiger partial charge is 0.368 e. The van der Waals surface area contributed by atoms with Gasteiger partial charge in [0.1, 0.15) is 6.04 Å². The highest BCUT2D eigenvalue weighted by Gasteiger charge is 2.31. The molecule has 0 bridgehead atoms. The molecule has 0 rings (SSSR count). The van der Waals surface area contributed by atoms with Gasteiger partial charge in [0.2, 0.25) is 11.8 Å². The fourth-order valence-corrected chi connectivity index (χ4v) is 1.96. The highest BCUT2D eigenvalue weighted by atomic mass is 31.2. The summed E-state index contributed by atoms with van der Waals surface area (Å²) in [5, 5.41) is -0.464. The molecular formula is C11H22N3O5P. The molecule has 9 heteroatoms. The van der Waals surface area contributed by atoms with Crippen molar-refractivity contribution in [2.45, 2.75) is 26.3 Å². The predicted molar refractivity (Wildman–Crippen MR) is 74.4 cm³/mol. The zero-order chi connectivity index (χ0) is 16.1. The van der Waals surface area contributed by atoms with E-state index >= 15 is 0 Å². The van der Waals surface area contributed by atoms with Gasteiger partial charge in [0, 0.05) is 0 Å². The number of hydrogen-bond acceptors (Lipinski definition) is 4. The van der Waals surface area contributed by atoms with Crippen molar-refractivity contribution in [2.75, 3.05) is 13.1 Å². The number of primary amides is 1. The van der Waals surface area contributed by atoms with Gasteiger partial charge in [0.25, 0.3) is 0 Å². The van der Waals surface area contributed by atoms with E-state index in [2.05, 4.69) is 6.58 Å². The first-order chi connectivity index (χ1) is 9.00. The monoisotopic (exact) mass is 307 g/mol. The molecular weight excluding hydrogens is 285 g/mol. The van der Waals surface area contributed by atoms with Crippen LogP contribution in [0.15, 0.2) is 11.9 Å². The number of nitrogens with zero attached hydrogens (tertiary/aromatic N) is 1. The van der Waals surface area contributed by atoms with Gasteiger partial charge >= 0.3 is 7.60 Å². The Labute approximate surface area is 118 Å². The van der Waals surface area contributed by atoms with E-state index < -0.39 is 43.9 Å². The molecule has 20 heavy (non-hydrogen) atoms. The van der Waals surface area contributed by atoms with E-state index in [0.29, 0.717) is 0 Å². The average molecular weight is 307 g/mol. The van der Waals surface area contributed by atoms with Crippen molar-refractivity contribution in [3.8, 4) is 0 Å². The lowest BCUT2D eigenvalue weighted by Gasteiger charge is -2.31. The molecule has 0 aromatic heterocycles. The number of hydrogen-bond donors (Lipinski definition) is 4. The number of rotatable bonds is 8. The Balaban J connectivity index is 5.31. The highest BCUT2D eigenvalue weighted by Crippen LogP contribution is 2.44. The molecule has 0 radical (unpaired) electrons. The van der Waals surface area contributed by atoms with E-state index in [9.17, 15) is 14.2 Å². The Morgan fingerprint density at radius 2 is 1.85 bits per heavy atom. The van der Waals surface area contributed by atoms with Crippen molar-refractivity contribution >= 4 is 19.4 Å². The van der Waals surface area contributed by atoms with Gasteiger partial charge < -0.3 is 26.2 Å². The van der Waals surface area contributed by atoms with Crippen LogP contribution in [-0.4, -0.2) is 45.6 Å². The minimum atomic E-state index is -4.55. The number of carbonyl (C=O) groups is 2. The van der Waals surface area contributed by atoms with E-state index in [1.54, 1.807) is 0 Å². The summed E-state index contributed by atoms with van der Waals surface area (Å²) >= 11 is 0. The van der Waals surface area contributed by atoms with Gasteiger partial charge in [-0.15, -0.1) is 0 Å². The fourth-order valence-electron chi connectivity index (χ4n) is 1.62. The summed E-state index contributed by atoms with van der Waals surface area (Å²) < 4.78 is 11.1. The first-order valence-electron chi connectivity index (χ1n) is 6.03. The SMILES string of the molecule is C=C(CN(C(=O)CN)[C@@H](CC(C)C)C(N)=O)P(=O)(O)O. The van der Waals surface area contributed by atoms with Crippen molar-refractivity contribution in [1.29, 1.82) is 0 Å². The molecule has 0 aromatic rings. The first kappa shape index (κ1) is 18.8. The number of carbonyl (C=O) groups excluding carboxylic acids is 2. The maximum atomic E-state index is 11.8. The van der Waals surface area contributed by atoms with Crippen molar-refractivity contribution in [2.24, 2.45) is 17.4 Å². The molecule has 1 atom stereocenters. The molecule has 0 saturated heterocycles. The molecule has 2 amide bonds. The molecule has 0 saturated carbocycles. The summed E-state index contributed by atoms with van der Waals surface area (Å²) in [7, 11) is -4.55. The molecule has 0 aliphatic carbocycles. The minimum absolute atomic E-state index is 0.0592. The fraction of sp³-hybridized carbons (Fsp3) is 0.636. The molecule has 116 valence electrons. The van der Waals surface area contributed by atoms with Crippen LogP contribution in [0.5, 0.6) is 0 Å². The van der Waals surface area contributed by atoms with E-state index in [1.807, 2.05) is 13.8 Å². The van der Waals surface area contributed by atoms with Gasteiger partial charge in [-0.2, -0.15) is 0 Å². The van der Waals surface area contributed by atoms with Gasteiger partial charge in [-0.25, -0.2) is 0 Å². The van der Waals surface area contributed by atoms with E-state index in [4.69, 9.17) is 21.3 Å². The number of nitrogens with two attached hydrogens (primary N) is 2. The Morgan fingerprint density at radius 3 is 2.15 bits per heavy atom. The lowest BCUT2D eigenvalue weighted by Crippen LogP contribution is -2.51. The summed E-state index contributed by atoms with van der Waals surface area (Å²) in [5.74, 6) is -1.31. The Morgan fingerprint density at radius 1 is 1.35 bits per heavy atom. The topological polar surface area (TPSA) is 147 Å². The van der Waals surface area contributed by atoms with Crippen LogP contribution in [0.1, 0.15) is 20.3 Å². The zero-order valence-corrected chi connectivity index (χ0v) is 12.5. The van der Waals surface area contributed by atoms with Crippen LogP contribution in [0.3, 0.4) is 0 Å². The summed E-state index contributed by atoms with van der Waals surface area (Å²) in [5.41, 5.74) is 10.5.